The third-order valence-corrected chi connectivity index (χ3v) is 3.32. The van der Waals surface area contributed by atoms with Gasteiger partial charge in [-0.3, -0.25) is 9.97 Å². The van der Waals surface area contributed by atoms with Crippen molar-refractivity contribution in [2.75, 3.05) is 0 Å². The number of hydrogen-bond donors (Lipinski definition) is 0. The van der Waals surface area contributed by atoms with E-state index in [1.54, 1.807) is 24.8 Å². The van der Waals surface area contributed by atoms with Crippen LogP contribution in [0.1, 0.15) is 22.3 Å². The summed E-state index contributed by atoms with van der Waals surface area (Å²) in [7, 11) is 0. The standard InChI is InChI=1S/C20H16N2/c1-2-4-20(8-6-18-11-15-22-16-12-18)19(3-1)7-5-17-9-13-21-14-10-17/h1-16H/b7-5+,8-6+. The zero-order chi connectivity index (χ0) is 15.0. The monoisotopic (exact) mass is 284 g/mol. The number of nitrogens with zero attached hydrogens (tertiary/aromatic N) is 2. The Hall–Kier alpha value is -3.00. The highest BCUT2D eigenvalue weighted by atomic mass is 14.6. The van der Waals surface area contributed by atoms with Gasteiger partial charge in [-0.1, -0.05) is 48.6 Å². The maximum absolute atomic E-state index is 4.03. The highest BCUT2D eigenvalue weighted by Crippen LogP contribution is 2.16. The van der Waals surface area contributed by atoms with Crippen molar-refractivity contribution < 1.29 is 0 Å². The molecule has 2 aromatic heterocycles. The summed E-state index contributed by atoms with van der Waals surface area (Å²) >= 11 is 0. The second kappa shape index (κ2) is 7.14. The smallest absolute Gasteiger partial charge is 0.0273 e. The highest BCUT2D eigenvalue weighted by molar-refractivity contribution is 5.79. The van der Waals surface area contributed by atoms with E-state index in [2.05, 4.69) is 58.5 Å². The molecule has 2 heteroatoms. The maximum atomic E-state index is 4.03. The van der Waals surface area contributed by atoms with Gasteiger partial charge in [-0.25, -0.2) is 0 Å². The zero-order valence-electron chi connectivity index (χ0n) is 12.1. The SMILES string of the molecule is C(=C\c1ccccc1/C=C/c1ccncc1)/c1ccncc1. The van der Waals surface area contributed by atoms with E-state index in [4.69, 9.17) is 0 Å². The summed E-state index contributed by atoms with van der Waals surface area (Å²) in [4.78, 5) is 8.06. The molecule has 0 radical (unpaired) electrons. The second-order valence-electron chi connectivity index (χ2n) is 4.86. The van der Waals surface area contributed by atoms with E-state index in [1.807, 2.05) is 24.3 Å². The van der Waals surface area contributed by atoms with Crippen molar-refractivity contribution in [3.05, 3.63) is 95.6 Å². The molecule has 0 N–H and O–H groups in total. The van der Waals surface area contributed by atoms with Crippen molar-refractivity contribution in [2.45, 2.75) is 0 Å². The average Bonchev–Trinajstić information content (AvgIpc) is 2.61. The molecule has 0 saturated carbocycles. The predicted molar refractivity (Wildman–Crippen MR) is 92.8 cm³/mol. The Kier molecular flexibility index (Phi) is 4.53. The Bertz CT molecular complexity index is 707. The fourth-order valence-corrected chi connectivity index (χ4v) is 2.14. The van der Waals surface area contributed by atoms with Gasteiger partial charge in [0.15, 0.2) is 0 Å². The van der Waals surface area contributed by atoms with Gasteiger partial charge in [0.2, 0.25) is 0 Å². The van der Waals surface area contributed by atoms with E-state index in [0.29, 0.717) is 0 Å². The Labute approximate surface area is 130 Å². The molecule has 0 fully saturated rings. The van der Waals surface area contributed by atoms with E-state index in [9.17, 15) is 0 Å². The van der Waals surface area contributed by atoms with Gasteiger partial charge in [0.05, 0.1) is 0 Å². The molecule has 3 aromatic rings. The maximum Gasteiger partial charge on any atom is 0.0273 e. The largest absolute Gasteiger partial charge is 0.265 e. The molecular weight excluding hydrogens is 268 g/mol. The number of benzene rings is 1. The Morgan fingerprint density at radius 2 is 0.909 bits per heavy atom. The zero-order valence-corrected chi connectivity index (χ0v) is 12.1. The average molecular weight is 284 g/mol. The lowest BCUT2D eigenvalue weighted by molar-refractivity contribution is 1.32. The highest BCUT2D eigenvalue weighted by Gasteiger charge is 1.95. The van der Waals surface area contributed by atoms with Gasteiger partial charge in [0.25, 0.3) is 0 Å². The lowest BCUT2D eigenvalue weighted by Crippen LogP contribution is -1.80. The minimum absolute atomic E-state index is 1.14. The molecule has 0 amide bonds. The first-order chi connectivity index (χ1) is 10.9. The van der Waals surface area contributed by atoms with Crippen molar-refractivity contribution in [2.24, 2.45) is 0 Å². The lowest BCUT2D eigenvalue weighted by Gasteiger charge is -2.01. The normalized spacial score (nSPS) is 11.3. The van der Waals surface area contributed by atoms with Crippen LogP contribution in [-0.2, 0) is 0 Å². The summed E-state index contributed by atoms with van der Waals surface area (Å²) in [5.41, 5.74) is 4.65. The van der Waals surface area contributed by atoms with Gasteiger partial charge in [-0.15, -0.1) is 0 Å². The summed E-state index contributed by atoms with van der Waals surface area (Å²) in [5, 5.41) is 0. The molecule has 0 aliphatic heterocycles. The first-order valence-electron chi connectivity index (χ1n) is 7.17. The van der Waals surface area contributed by atoms with E-state index in [1.165, 1.54) is 11.1 Å². The van der Waals surface area contributed by atoms with Crippen LogP contribution in [0, 0.1) is 0 Å². The molecule has 0 bridgehead atoms. The van der Waals surface area contributed by atoms with Crippen LogP contribution < -0.4 is 0 Å². The topological polar surface area (TPSA) is 25.8 Å². The quantitative estimate of drug-likeness (QED) is 0.686. The molecule has 0 atom stereocenters. The minimum atomic E-state index is 1.14. The van der Waals surface area contributed by atoms with E-state index in [-0.39, 0.29) is 0 Å². The molecule has 1 aromatic carbocycles. The number of pyridine rings is 2. The minimum Gasteiger partial charge on any atom is -0.265 e. The van der Waals surface area contributed by atoms with Crippen LogP contribution in [-0.4, -0.2) is 9.97 Å². The summed E-state index contributed by atoms with van der Waals surface area (Å²) < 4.78 is 0. The predicted octanol–water partition coefficient (Wildman–Crippen LogP) is 4.82. The Morgan fingerprint density at radius 1 is 0.500 bits per heavy atom. The summed E-state index contributed by atoms with van der Waals surface area (Å²) in [6, 6.07) is 16.3. The van der Waals surface area contributed by atoms with Crippen molar-refractivity contribution in [1.82, 2.24) is 9.97 Å². The molecule has 22 heavy (non-hydrogen) atoms. The molecule has 2 heterocycles. The number of aromatic nitrogens is 2. The summed E-state index contributed by atoms with van der Waals surface area (Å²) in [5.74, 6) is 0. The van der Waals surface area contributed by atoms with Crippen LogP contribution in [0.5, 0.6) is 0 Å². The van der Waals surface area contributed by atoms with Gasteiger partial charge in [0, 0.05) is 24.8 Å². The van der Waals surface area contributed by atoms with Gasteiger partial charge in [-0.05, 0) is 46.5 Å². The van der Waals surface area contributed by atoms with Crippen LogP contribution in [0.25, 0.3) is 24.3 Å². The molecular formula is C20H16N2. The molecule has 0 spiro atoms. The summed E-state index contributed by atoms with van der Waals surface area (Å²) in [6.45, 7) is 0. The van der Waals surface area contributed by atoms with Crippen molar-refractivity contribution >= 4 is 24.3 Å². The molecule has 0 aliphatic carbocycles. The van der Waals surface area contributed by atoms with Crippen LogP contribution in [0.15, 0.2) is 73.3 Å². The second-order valence-corrected chi connectivity index (χ2v) is 4.86. The third kappa shape index (κ3) is 3.76. The first-order valence-corrected chi connectivity index (χ1v) is 7.17. The number of hydrogen-bond acceptors (Lipinski definition) is 2. The van der Waals surface area contributed by atoms with Crippen LogP contribution in [0.4, 0.5) is 0 Å². The summed E-state index contributed by atoms with van der Waals surface area (Å²) in [6.07, 6.45) is 15.7. The molecule has 3 rings (SSSR count). The fraction of sp³-hybridized carbons (Fsp3) is 0. The van der Waals surface area contributed by atoms with Crippen LogP contribution in [0.2, 0.25) is 0 Å². The third-order valence-electron chi connectivity index (χ3n) is 3.32. The van der Waals surface area contributed by atoms with Crippen LogP contribution >= 0.6 is 0 Å². The van der Waals surface area contributed by atoms with Gasteiger partial charge in [-0.2, -0.15) is 0 Å². The lowest BCUT2D eigenvalue weighted by atomic mass is 10.0. The van der Waals surface area contributed by atoms with Crippen molar-refractivity contribution in [3.8, 4) is 0 Å². The van der Waals surface area contributed by atoms with E-state index < -0.39 is 0 Å². The van der Waals surface area contributed by atoms with Gasteiger partial charge >= 0.3 is 0 Å². The van der Waals surface area contributed by atoms with Gasteiger partial charge in [0.1, 0.15) is 0 Å². The Morgan fingerprint density at radius 3 is 1.32 bits per heavy atom. The van der Waals surface area contributed by atoms with Crippen LogP contribution in [0.3, 0.4) is 0 Å². The van der Waals surface area contributed by atoms with E-state index >= 15 is 0 Å². The molecule has 2 nitrogen and oxygen atoms in total. The molecule has 106 valence electrons. The Balaban J connectivity index is 1.84. The first kappa shape index (κ1) is 14.0. The molecule has 0 saturated heterocycles. The van der Waals surface area contributed by atoms with E-state index in [0.717, 1.165) is 11.1 Å². The van der Waals surface area contributed by atoms with Gasteiger partial charge < -0.3 is 0 Å². The number of rotatable bonds is 4. The van der Waals surface area contributed by atoms with Crippen molar-refractivity contribution in [3.63, 3.8) is 0 Å². The molecule has 0 aliphatic rings. The fourth-order valence-electron chi connectivity index (χ4n) is 2.14. The van der Waals surface area contributed by atoms with Crippen molar-refractivity contribution in [1.29, 1.82) is 0 Å². The molecule has 0 unspecified atom stereocenters.